The third-order valence-electron chi connectivity index (χ3n) is 2.83. The average Bonchev–Trinajstić information content (AvgIpc) is 2.91. The molecule has 0 spiro atoms. The van der Waals surface area contributed by atoms with Gasteiger partial charge in [-0.15, -0.1) is 11.8 Å². The van der Waals surface area contributed by atoms with Gasteiger partial charge in [-0.1, -0.05) is 42.6 Å². The fraction of sp³-hybridized carbons (Fsp3) is 0.429. The Kier molecular flexibility index (Phi) is 5.88. The number of hydrogen-bond acceptors (Lipinski definition) is 5. The molecule has 0 saturated heterocycles. The van der Waals surface area contributed by atoms with Gasteiger partial charge in [0.25, 0.3) is 0 Å². The molecule has 0 aliphatic heterocycles. The predicted octanol–water partition coefficient (Wildman–Crippen LogP) is 4.21. The van der Waals surface area contributed by atoms with Crippen LogP contribution in [0.15, 0.2) is 33.7 Å². The van der Waals surface area contributed by atoms with Crippen LogP contribution in [-0.4, -0.2) is 10.1 Å². The molecule has 20 heavy (non-hydrogen) atoms. The normalized spacial score (nSPS) is 12.6. The van der Waals surface area contributed by atoms with E-state index in [1.165, 1.54) is 0 Å². The summed E-state index contributed by atoms with van der Waals surface area (Å²) in [6, 6.07) is 7.54. The van der Waals surface area contributed by atoms with Crippen LogP contribution >= 0.6 is 23.4 Å². The third kappa shape index (κ3) is 4.51. The second-order valence-electron chi connectivity index (χ2n) is 4.54. The molecular weight excluding hydrogens is 294 g/mol. The van der Waals surface area contributed by atoms with Crippen molar-refractivity contribution in [3.63, 3.8) is 0 Å². The first-order valence-electron chi connectivity index (χ1n) is 6.65. The van der Waals surface area contributed by atoms with E-state index >= 15 is 0 Å². The lowest BCUT2D eigenvalue weighted by atomic mass is 10.1. The largest absolute Gasteiger partial charge is 0.338 e. The van der Waals surface area contributed by atoms with E-state index in [0.29, 0.717) is 17.5 Å². The van der Waals surface area contributed by atoms with Crippen molar-refractivity contribution in [2.45, 2.75) is 42.9 Å². The molecule has 0 radical (unpaired) electrons. The first-order valence-corrected chi connectivity index (χ1v) is 8.02. The summed E-state index contributed by atoms with van der Waals surface area (Å²) in [6.07, 6.45) is 3.05. The van der Waals surface area contributed by atoms with Crippen LogP contribution in [0.2, 0.25) is 5.02 Å². The van der Waals surface area contributed by atoms with E-state index in [1.807, 2.05) is 24.3 Å². The van der Waals surface area contributed by atoms with Gasteiger partial charge < -0.3 is 10.3 Å². The average molecular weight is 312 g/mol. The Labute approximate surface area is 128 Å². The number of benzene rings is 1. The summed E-state index contributed by atoms with van der Waals surface area (Å²) in [4.78, 5) is 5.43. The number of thioether (sulfide) groups is 1. The monoisotopic (exact) mass is 311 g/mol. The number of aromatic nitrogens is 2. The highest BCUT2D eigenvalue weighted by Gasteiger charge is 2.14. The molecule has 0 amide bonds. The van der Waals surface area contributed by atoms with Crippen molar-refractivity contribution in [2.24, 2.45) is 5.73 Å². The summed E-state index contributed by atoms with van der Waals surface area (Å²) in [5.74, 6) is 1.83. The zero-order chi connectivity index (χ0) is 14.4. The fourth-order valence-electron chi connectivity index (χ4n) is 1.73. The van der Waals surface area contributed by atoms with Crippen LogP contribution in [-0.2, 0) is 5.75 Å². The van der Waals surface area contributed by atoms with E-state index in [-0.39, 0.29) is 6.04 Å². The maximum atomic E-state index is 6.00. The topological polar surface area (TPSA) is 64.9 Å². The Morgan fingerprint density at radius 3 is 3.05 bits per heavy atom. The van der Waals surface area contributed by atoms with Crippen molar-refractivity contribution in [1.82, 2.24) is 10.1 Å². The molecule has 2 N–H and O–H groups in total. The molecule has 2 aromatic rings. The third-order valence-corrected chi connectivity index (χ3v) is 4.06. The van der Waals surface area contributed by atoms with Gasteiger partial charge in [0.05, 0.1) is 11.8 Å². The lowest BCUT2D eigenvalue weighted by Gasteiger charge is -2.03. The van der Waals surface area contributed by atoms with E-state index in [0.717, 1.165) is 29.2 Å². The highest BCUT2D eigenvalue weighted by Crippen LogP contribution is 2.25. The predicted molar refractivity (Wildman–Crippen MR) is 81.8 cm³/mol. The SMILES string of the molecule is CCCCC(N)c1nc(CSc2cccc(Cl)c2)no1. The van der Waals surface area contributed by atoms with Gasteiger partial charge in [0.1, 0.15) is 0 Å². The zero-order valence-corrected chi connectivity index (χ0v) is 13.0. The van der Waals surface area contributed by atoms with Gasteiger partial charge in [-0.2, -0.15) is 4.98 Å². The molecule has 1 atom stereocenters. The number of hydrogen-bond donors (Lipinski definition) is 1. The molecule has 2 rings (SSSR count). The van der Waals surface area contributed by atoms with Crippen LogP contribution in [0.25, 0.3) is 0 Å². The summed E-state index contributed by atoms with van der Waals surface area (Å²) in [5, 5.41) is 4.69. The van der Waals surface area contributed by atoms with Gasteiger partial charge in [-0.25, -0.2) is 0 Å². The van der Waals surface area contributed by atoms with Crippen LogP contribution in [0.1, 0.15) is 43.9 Å². The summed E-state index contributed by atoms with van der Waals surface area (Å²) in [5.41, 5.74) is 6.00. The molecule has 1 aromatic heterocycles. The molecule has 0 fully saturated rings. The molecule has 1 unspecified atom stereocenters. The summed E-state index contributed by atoms with van der Waals surface area (Å²) >= 11 is 7.56. The first-order chi connectivity index (χ1) is 9.69. The molecule has 4 nitrogen and oxygen atoms in total. The minimum atomic E-state index is -0.160. The lowest BCUT2D eigenvalue weighted by Crippen LogP contribution is -2.10. The van der Waals surface area contributed by atoms with E-state index in [1.54, 1.807) is 11.8 Å². The van der Waals surface area contributed by atoms with Crippen LogP contribution < -0.4 is 5.73 Å². The molecule has 0 saturated carbocycles. The zero-order valence-electron chi connectivity index (χ0n) is 11.4. The number of rotatable bonds is 7. The van der Waals surface area contributed by atoms with Gasteiger partial charge in [0.2, 0.25) is 5.89 Å². The number of unbranched alkanes of at least 4 members (excludes halogenated alkanes) is 1. The van der Waals surface area contributed by atoms with E-state index in [4.69, 9.17) is 21.9 Å². The molecule has 108 valence electrons. The Bertz CT molecular complexity index is 547. The van der Waals surface area contributed by atoms with Gasteiger partial charge in [-0.05, 0) is 24.6 Å². The van der Waals surface area contributed by atoms with Crippen molar-refractivity contribution in [2.75, 3.05) is 0 Å². The summed E-state index contributed by atoms with van der Waals surface area (Å²) in [6.45, 7) is 2.13. The van der Waals surface area contributed by atoms with Crippen LogP contribution in [0, 0.1) is 0 Å². The summed E-state index contributed by atoms with van der Waals surface area (Å²) in [7, 11) is 0. The van der Waals surface area contributed by atoms with Gasteiger partial charge in [-0.3, -0.25) is 0 Å². The minimum Gasteiger partial charge on any atom is -0.338 e. The minimum absolute atomic E-state index is 0.160. The smallest absolute Gasteiger partial charge is 0.243 e. The van der Waals surface area contributed by atoms with Crippen molar-refractivity contribution in [3.8, 4) is 0 Å². The Hall–Kier alpha value is -1.04. The van der Waals surface area contributed by atoms with Gasteiger partial charge in [0, 0.05) is 9.92 Å². The van der Waals surface area contributed by atoms with Crippen molar-refractivity contribution < 1.29 is 4.52 Å². The molecule has 0 aliphatic carbocycles. The second-order valence-corrected chi connectivity index (χ2v) is 6.03. The lowest BCUT2D eigenvalue weighted by molar-refractivity contribution is 0.343. The molecular formula is C14H18ClN3OS. The highest BCUT2D eigenvalue weighted by atomic mass is 35.5. The quantitative estimate of drug-likeness (QED) is 0.776. The van der Waals surface area contributed by atoms with E-state index < -0.39 is 0 Å². The standard InChI is InChI=1S/C14H18ClN3OS/c1-2-3-7-12(16)14-17-13(18-19-14)9-20-11-6-4-5-10(15)8-11/h4-6,8,12H,2-3,7,9,16H2,1H3. The van der Waals surface area contributed by atoms with E-state index in [2.05, 4.69) is 17.1 Å². The molecule has 0 bridgehead atoms. The molecule has 0 aliphatic rings. The summed E-state index contributed by atoms with van der Waals surface area (Å²) < 4.78 is 5.21. The van der Waals surface area contributed by atoms with Crippen molar-refractivity contribution >= 4 is 23.4 Å². The molecule has 1 heterocycles. The second kappa shape index (κ2) is 7.67. The van der Waals surface area contributed by atoms with E-state index in [9.17, 15) is 0 Å². The van der Waals surface area contributed by atoms with Gasteiger partial charge in [0.15, 0.2) is 5.82 Å². The Morgan fingerprint density at radius 2 is 2.30 bits per heavy atom. The Morgan fingerprint density at radius 1 is 1.45 bits per heavy atom. The fourth-order valence-corrected chi connectivity index (χ4v) is 2.78. The maximum absolute atomic E-state index is 6.00. The molecule has 1 aromatic carbocycles. The highest BCUT2D eigenvalue weighted by molar-refractivity contribution is 7.98. The van der Waals surface area contributed by atoms with Gasteiger partial charge >= 0.3 is 0 Å². The maximum Gasteiger partial charge on any atom is 0.243 e. The van der Waals surface area contributed by atoms with Crippen molar-refractivity contribution in [3.05, 3.63) is 41.0 Å². The number of nitrogens with zero attached hydrogens (tertiary/aromatic N) is 2. The Balaban J connectivity index is 1.89. The van der Waals surface area contributed by atoms with Crippen LogP contribution in [0.4, 0.5) is 0 Å². The molecule has 6 heteroatoms. The first kappa shape index (κ1) is 15.4. The van der Waals surface area contributed by atoms with Crippen LogP contribution in [0.3, 0.4) is 0 Å². The van der Waals surface area contributed by atoms with Crippen molar-refractivity contribution in [1.29, 1.82) is 0 Å². The van der Waals surface area contributed by atoms with Crippen LogP contribution in [0.5, 0.6) is 0 Å². The number of halogens is 1. The number of nitrogens with two attached hydrogens (primary N) is 1.